The van der Waals surface area contributed by atoms with Crippen LogP contribution in [0.2, 0.25) is 0 Å². The van der Waals surface area contributed by atoms with E-state index < -0.39 is 5.41 Å². The molecule has 4 saturated carbocycles. The standard InChI is InChI=1S/C68H54N2/c1-66(2)56-20-8-3-15-50(56)53-33-31-48(40-62(53)66)69(46-27-29-47(30-28-46)70-64-25-13-6-18-54(64)55-19-7-14-26-65(55)70)49-32-34-61-63(41-49)68(57-21-9-4-16-51(57)52-17-5-10-22-58(52)68)60-24-12-11-23-59(60)67(61)44-36-42-35-43(38-44)39-45(67)37-42/h3-34,40-45H,35-39H2,1-2H3. The number of anilines is 3. The minimum absolute atomic E-state index is 0.0201. The van der Waals surface area contributed by atoms with Gasteiger partial charge in [-0.3, -0.25) is 0 Å². The molecule has 70 heavy (non-hydrogen) atoms. The zero-order valence-electron chi connectivity index (χ0n) is 39.9. The Balaban J connectivity index is 0.965. The van der Waals surface area contributed by atoms with Gasteiger partial charge in [0.05, 0.1) is 16.4 Å². The van der Waals surface area contributed by atoms with Crippen molar-refractivity contribution in [2.45, 2.75) is 62.2 Å². The minimum atomic E-state index is -0.470. The van der Waals surface area contributed by atoms with E-state index in [9.17, 15) is 0 Å². The second kappa shape index (κ2) is 13.9. The van der Waals surface area contributed by atoms with Crippen molar-refractivity contribution < 1.29 is 0 Å². The summed E-state index contributed by atoms with van der Waals surface area (Å²) in [7, 11) is 0. The predicted octanol–water partition coefficient (Wildman–Crippen LogP) is 17.0. The number of aromatic nitrogens is 1. The number of fused-ring (bicyclic) bond motifs is 15. The normalized spacial score (nSPS) is 23.0. The monoisotopic (exact) mass is 898 g/mol. The average molecular weight is 899 g/mol. The SMILES string of the molecule is CC1(C)c2ccccc2-c2ccc(N(c3ccc(-n4c5ccccc5c5ccccc54)cc3)c3ccc4c(c3)C3(c5ccccc5-c5ccccc53)c3ccccc3C43C4CC5CC(C4)CC3C5)cc21. The van der Waals surface area contributed by atoms with Crippen LogP contribution in [0.1, 0.15) is 90.5 Å². The Hall–Kier alpha value is -7.42. The van der Waals surface area contributed by atoms with Crippen molar-refractivity contribution in [1.82, 2.24) is 4.57 Å². The lowest BCUT2D eigenvalue weighted by atomic mass is 9.38. The summed E-state index contributed by atoms with van der Waals surface area (Å²) in [5, 5.41) is 2.56. The van der Waals surface area contributed by atoms with Gasteiger partial charge in [-0.1, -0.05) is 159 Å². The van der Waals surface area contributed by atoms with Gasteiger partial charge in [-0.15, -0.1) is 0 Å². The van der Waals surface area contributed by atoms with Gasteiger partial charge in [0.15, 0.2) is 0 Å². The van der Waals surface area contributed by atoms with E-state index in [-0.39, 0.29) is 10.8 Å². The molecule has 2 nitrogen and oxygen atoms in total. The highest BCUT2D eigenvalue weighted by Gasteiger charge is 2.64. The number of para-hydroxylation sites is 2. The lowest BCUT2D eigenvalue weighted by Gasteiger charge is -2.65. The van der Waals surface area contributed by atoms with Gasteiger partial charge in [-0.25, -0.2) is 0 Å². The molecule has 1 aromatic heterocycles. The molecule has 2 spiro atoms. The van der Waals surface area contributed by atoms with E-state index in [0.29, 0.717) is 11.8 Å². The third-order valence-corrected chi connectivity index (χ3v) is 19.0. The van der Waals surface area contributed by atoms with Gasteiger partial charge < -0.3 is 9.47 Å². The molecular weight excluding hydrogens is 845 g/mol. The average Bonchev–Trinajstić information content (AvgIpc) is 3.98. The van der Waals surface area contributed by atoms with Crippen molar-refractivity contribution in [1.29, 1.82) is 0 Å². The molecule has 7 aliphatic rings. The smallest absolute Gasteiger partial charge is 0.0720 e. The fourth-order valence-electron chi connectivity index (χ4n) is 16.7. The highest BCUT2D eigenvalue weighted by atomic mass is 15.1. The number of hydrogen-bond acceptors (Lipinski definition) is 1. The van der Waals surface area contributed by atoms with Crippen molar-refractivity contribution in [3.05, 3.63) is 251 Å². The lowest BCUT2D eigenvalue weighted by Crippen LogP contribution is -2.59. The number of benzene rings is 9. The maximum Gasteiger partial charge on any atom is 0.0720 e. The Morgan fingerprint density at radius 3 is 1.43 bits per heavy atom. The fourth-order valence-corrected chi connectivity index (χ4v) is 16.7. The molecule has 0 N–H and O–H groups in total. The zero-order chi connectivity index (χ0) is 46.1. The van der Waals surface area contributed by atoms with Crippen molar-refractivity contribution in [3.63, 3.8) is 0 Å². The first kappa shape index (κ1) is 39.4. The molecule has 0 saturated heterocycles. The van der Waals surface area contributed by atoms with Crippen molar-refractivity contribution >= 4 is 38.9 Å². The maximum atomic E-state index is 2.69. The molecule has 0 radical (unpaired) electrons. The number of rotatable bonds is 4. The number of hydrogen-bond donors (Lipinski definition) is 0. The molecule has 0 atom stereocenters. The summed E-state index contributed by atoms with van der Waals surface area (Å²) in [5.74, 6) is 3.01. The Bertz CT molecular complexity index is 3720. The van der Waals surface area contributed by atoms with E-state index in [4.69, 9.17) is 0 Å². The third kappa shape index (κ3) is 4.85. The Labute approximate surface area is 410 Å². The summed E-state index contributed by atoms with van der Waals surface area (Å²) in [6.07, 6.45) is 6.83. The summed E-state index contributed by atoms with van der Waals surface area (Å²) in [4.78, 5) is 2.58. The molecule has 2 heteroatoms. The van der Waals surface area contributed by atoms with Crippen molar-refractivity contribution in [2.75, 3.05) is 4.90 Å². The first-order valence-corrected chi connectivity index (χ1v) is 26.0. The van der Waals surface area contributed by atoms with E-state index in [1.54, 1.807) is 11.1 Å². The molecule has 336 valence electrons. The topological polar surface area (TPSA) is 8.17 Å². The van der Waals surface area contributed by atoms with Crippen LogP contribution in [0, 0.1) is 23.7 Å². The molecule has 0 aliphatic heterocycles. The largest absolute Gasteiger partial charge is 0.310 e. The van der Waals surface area contributed by atoms with Crippen LogP contribution in [0.25, 0.3) is 49.7 Å². The van der Waals surface area contributed by atoms with Crippen LogP contribution >= 0.6 is 0 Å². The van der Waals surface area contributed by atoms with Gasteiger partial charge in [0, 0.05) is 44.4 Å². The summed E-state index contributed by atoms with van der Waals surface area (Å²) >= 11 is 0. The molecule has 4 fully saturated rings. The second-order valence-electron chi connectivity index (χ2n) is 22.4. The van der Waals surface area contributed by atoms with Crippen LogP contribution in [-0.2, 0) is 16.2 Å². The fraction of sp³-hybridized carbons (Fsp3) is 0.206. The third-order valence-electron chi connectivity index (χ3n) is 19.0. The molecule has 0 amide bonds. The zero-order valence-corrected chi connectivity index (χ0v) is 39.9. The molecular formula is C68H54N2. The van der Waals surface area contributed by atoms with E-state index in [1.807, 2.05) is 0 Å². The van der Waals surface area contributed by atoms with Crippen molar-refractivity contribution in [3.8, 4) is 27.9 Å². The van der Waals surface area contributed by atoms with Crippen LogP contribution in [0.5, 0.6) is 0 Å². The summed E-state index contributed by atoms with van der Waals surface area (Å²) < 4.78 is 2.44. The molecule has 9 aromatic carbocycles. The minimum Gasteiger partial charge on any atom is -0.310 e. The lowest BCUT2D eigenvalue weighted by molar-refractivity contribution is -0.0440. The van der Waals surface area contributed by atoms with Gasteiger partial charge in [-0.05, 0) is 183 Å². The molecule has 0 unspecified atom stereocenters. The van der Waals surface area contributed by atoms with E-state index in [1.165, 1.54) is 121 Å². The van der Waals surface area contributed by atoms with Crippen LogP contribution in [0.15, 0.2) is 206 Å². The van der Waals surface area contributed by atoms with E-state index >= 15 is 0 Å². The van der Waals surface area contributed by atoms with Crippen LogP contribution in [0.3, 0.4) is 0 Å². The highest BCUT2D eigenvalue weighted by Crippen LogP contribution is 2.72. The first-order valence-electron chi connectivity index (χ1n) is 26.0. The first-order chi connectivity index (χ1) is 34.4. The van der Waals surface area contributed by atoms with Crippen molar-refractivity contribution in [2.24, 2.45) is 23.7 Å². The second-order valence-corrected chi connectivity index (χ2v) is 22.4. The Morgan fingerprint density at radius 1 is 0.371 bits per heavy atom. The van der Waals surface area contributed by atoms with E-state index in [0.717, 1.165) is 23.2 Å². The summed E-state index contributed by atoms with van der Waals surface area (Å²) in [6.45, 7) is 4.82. The highest BCUT2D eigenvalue weighted by molar-refractivity contribution is 6.09. The van der Waals surface area contributed by atoms with Crippen LogP contribution in [0.4, 0.5) is 17.1 Å². The van der Waals surface area contributed by atoms with Crippen LogP contribution < -0.4 is 4.90 Å². The maximum absolute atomic E-state index is 2.69. The quantitative estimate of drug-likeness (QED) is 0.171. The Morgan fingerprint density at radius 2 is 0.814 bits per heavy atom. The van der Waals surface area contributed by atoms with Gasteiger partial charge in [0.1, 0.15) is 0 Å². The molecule has 10 aromatic rings. The summed E-state index contributed by atoms with van der Waals surface area (Å²) in [6, 6.07) is 79.9. The Kier molecular flexibility index (Phi) is 7.82. The van der Waals surface area contributed by atoms with Gasteiger partial charge in [0.2, 0.25) is 0 Å². The van der Waals surface area contributed by atoms with Gasteiger partial charge in [0.25, 0.3) is 0 Å². The summed E-state index contributed by atoms with van der Waals surface area (Å²) in [5.41, 5.74) is 23.7. The molecule has 1 heterocycles. The number of nitrogens with zero attached hydrogens (tertiary/aromatic N) is 2. The van der Waals surface area contributed by atoms with E-state index in [2.05, 4.69) is 230 Å². The predicted molar refractivity (Wildman–Crippen MR) is 288 cm³/mol. The van der Waals surface area contributed by atoms with Gasteiger partial charge in [-0.2, -0.15) is 0 Å². The molecule has 7 aliphatic carbocycles. The molecule has 17 rings (SSSR count). The van der Waals surface area contributed by atoms with Crippen LogP contribution in [-0.4, -0.2) is 4.57 Å². The van der Waals surface area contributed by atoms with Gasteiger partial charge >= 0.3 is 0 Å². The molecule has 4 bridgehead atoms.